The van der Waals surface area contributed by atoms with Crippen molar-refractivity contribution in [1.29, 1.82) is 0 Å². The van der Waals surface area contributed by atoms with Gasteiger partial charge in [-0.1, -0.05) is 25.4 Å². The van der Waals surface area contributed by atoms with E-state index in [9.17, 15) is 0 Å². The maximum atomic E-state index is 5.85. The van der Waals surface area contributed by atoms with Crippen LogP contribution in [-0.4, -0.2) is 12.1 Å². The van der Waals surface area contributed by atoms with Gasteiger partial charge in [0, 0.05) is 17.0 Å². The first kappa shape index (κ1) is 11.0. The molecule has 1 atom stereocenters. The van der Waals surface area contributed by atoms with Gasteiger partial charge in [0.15, 0.2) is 0 Å². The summed E-state index contributed by atoms with van der Waals surface area (Å²) in [5, 5.41) is 3.46. The van der Waals surface area contributed by atoms with E-state index in [-0.39, 0.29) is 0 Å². The number of thiophene rings is 1. The Bertz CT molecular complexity index is 257. The average molecular weight is 218 g/mol. The van der Waals surface area contributed by atoms with Gasteiger partial charge >= 0.3 is 0 Å². The molecule has 1 aromatic heterocycles. The minimum atomic E-state index is 0.523. The molecule has 1 N–H and O–H groups in total. The molecule has 0 aliphatic rings. The molecule has 1 aromatic rings. The zero-order valence-corrected chi connectivity index (χ0v) is 9.88. The highest BCUT2D eigenvalue weighted by Gasteiger charge is 2.06. The number of hydrogen-bond donors (Lipinski definition) is 1. The first-order valence-electron chi connectivity index (χ1n) is 4.58. The van der Waals surface area contributed by atoms with Gasteiger partial charge in [-0.25, -0.2) is 0 Å². The predicted molar refractivity (Wildman–Crippen MR) is 60.8 cm³/mol. The van der Waals surface area contributed by atoms with Gasteiger partial charge in [0.05, 0.1) is 4.34 Å². The van der Waals surface area contributed by atoms with Crippen LogP contribution in [0.25, 0.3) is 0 Å². The Labute approximate surface area is 89.1 Å². The van der Waals surface area contributed by atoms with Crippen molar-refractivity contribution in [2.24, 2.45) is 0 Å². The second-order valence-corrected chi connectivity index (χ2v) is 5.43. The molecule has 0 saturated heterocycles. The van der Waals surface area contributed by atoms with E-state index in [1.165, 1.54) is 4.88 Å². The van der Waals surface area contributed by atoms with Crippen LogP contribution in [0.2, 0.25) is 4.34 Å². The summed E-state index contributed by atoms with van der Waals surface area (Å²) in [5.74, 6) is 0. The Morgan fingerprint density at radius 1 is 1.38 bits per heavy atom. The van der Waals surface area contributed by atoms with Crippen LogP contribution in [0.3, 0.4) is 0 Å². The van der Waals surface area contributed by atoms with Gasteiger partial charge in [-0.15, -0.1) is 11.3 Å². The van der Waals surface area contributed by atoms with Gasteiger partial charge in [0.25, 0.3) is 0 Å². The maximum Gasteiger partial charge on any atom is 0.0931 e. The second kappa shape index (κ2) is 4.99. The largest absolute Gasteiger partial charge is 0.312 e. The van der Waals surface area contributed by atoms with Crippen LogP contribution < -0.4 is 5.32 Å². The molecule has 1 nitrogen and oxygen atoms in total. The van der Waals surface area contributed by atoms with Crippen molar-refractivity contribution < 1.29 is 0 Å². The van der Waals surface area contributed by atoms with E-state index >= 15 is 0 Å². The van der Waals surface area contributed by atoms with E-state index < -0.39 is 0 Å². The highest BCUT2D eigenvalue weighted by Crippen LogP contribution is 2.22. The minimum absolute atomic E-state index is 0.523. The molecule has 0 fully saturated rings. The van der Waals surface area contributed by atoms with Crippen LogP contribution in [0.5, 0.6) is 0 Å². The quantitative estimate of drug-likeness (QED) is 0.816. The Morgan fingerprint density at radius 2 is 2.08 bits per heavy atom. The van der Waals surface area contributed by atoms with Gasteiger partial charge in [-0.2, -0.15) is 0 Å². The molecule has 1 heterocycles. The van der Waals surface area contributed by atoms with Crippen molar-refractivity contribution in [1.82, 2.24) is 5.32 Å². The smallest absolute Gasteiger partial charge is 0.0931 e. The van der Waals surface area contributed by atoms with Gasteiger partial charge < -0.3 is 5.32 Å². The molecule has 0 saturated carbocycles. The van der Waals surface area contributed by atoms with Crippen LogP contribution in [0, 0.1) is 0 Å². The third-order valence-corrected chi connectivity index (χ3v) is 3.01. The van der Waals surface area contributed by atoms with E-state index in [0.29, 0.717) is 12.1 Å². The molecule has 74 valence electrons. The van der Waals surface area contributed by atoms with Crippen LogP contribution in [0.4, 0.5) is 0 Å². The number of halogens is 1. The van der Waals surface area contributed by atoms with E-state index in [1.54, 1.807) is 11.3 Å². The van der Waals surface area contributed by atoms with Crippen molar-refractivity contribution in [3.8, 4) is 0 Å². The van der Waals surface area contributed by atoms with Gasteiger partial charge in [0.1, 0.15) is 0 Å². The summed E-state index contributed by atoms with van der Waals surface area (Å²) in [6.07, 6.45) is 1.07. The standard InChI is InChI=1S/C10H16ClNS/c1-7(2)12-8(3)6-9-4-5-10(11)13-9/h4-5,7-8,12H,6H2,1-3H3. The van der Waals surface area contributed by atoms with Crippen molar-refractivity contribution in [2.75, 3.05) is 0 Å². The number of rotatable bonds is 4. The molecule has 0 bridgehead atoms. The highest BCUT2D eigenvalue weighted by molar-refractivity contribution is 7.16. The summed E-state index contributed by atoms with van der Waals surface area (Å²) in [4.78, 5) is 1.35. The molecule has 0 amide bonds. The summed E-state index contributed by atoms with van der Waals surface area (Å²) in [5.41, 5.74) is 0. The maximum absolute atomic E-state index is 5.85. The van der Waals surface area contributed by atoms with E-state index in [2.05, 4.69) is 32.2 Å². The SMILES string of the molecule is CC(C)NC(C)Cc1ccc(Cl)s1. The monoisotopic (exact) mass is 217 g/mol. The second-order valence-electron chi connectivity index (χ2n) is 3.63. The van der Waals surface area contributed by atoms with Crippen LogP contribution >= 0.6 is 22.9 Å². The van der Waals surface area contributed by atoms with Crippen molar-refractivity contribution in [2.45, 2.75) is 39.3 Å². The molecule has 1 rings (SSSR count). The molecular weight excluding hydrogens is 202 g/mol. The lowest BCUT2D eigenvalue weighted by molar-refractivity contribution is 0.490. The van der Waals surface area contributed by atoms with Gasteiger partial charge in [-0.3, -0.25) is 0 Å². The molecule has 0 spiro atoms. The topological polar surface area (TPSA) is 12.0 Å². The third-order valence-electron chi connectivity index (χ3n) is 1.75. The lowest BCUT2D eigenvalue weighted by atomic mass is 10.2. The number of nitrogens with one attached hydrogen (secondary N) is 1. The lowest BCUT2D eigenvalue weighted by Gasteiger charge is -2.15. The van der Waals surface area contributed by atoms with Crippen molar-refractivity contribution in [3.63, 3.8) is 0 Å². The van der Waals surface area contributed by atoms with Crippen LogP contribution in [-0.2, 0) is 6.42 Å². The highest BCUT2D eigenvalue weighted by atomic mass is 35.5. The average Bonchev–Trinajstić information content (AvgIpc) is 2.33. The fraction of sp³-hybridized carbons (Fsp3) is 0.600. The normalized spacial score (nSPS) is 13.6. The predicted octanol–water partition coefficient (Wildman–Crippen LogP) is 3.33. The Hall–Kier alpha value is -0.0500. The van der Waals surface area contributed by atoms with E-state index in [4.69, 9.17) is 11.6 Å². The fourth-order valence-corrected chi connectivity index (χ4v) is 2.61. The molecular formula is C10H16ClNS. The van der Waals surface area contributed by atoms with Crippen molar-refractivity contribution in [3.05, 3.63) is 21.3 Å². The molecule has 1 unspecified atom stereocenters. The van der Waals surface area contributed by atoms with Crippen molar-refractivity contribution >= 4 is 22.9 Å². The summed E-state index contributed by atoms with van der Waals surface area (Å²) < 4.78 is 0.881. The first-order chi connectivity index (χ1) is 6.08. The molecule has 0 aromatic carbocycles. The van der Waals surface area contributed by atoms with Gasteiger partial charge in [-0.05, 0) is 25.5 Å². The Kier molecular flexibility index (Phi) is 4.23. The van der Waals surface area contributed by atoms with Crippen LogP contribution in [0.15, 0.2) is 12.1 Å². The molecule has 0 aliphatic heterocycles. The van der Waals surface area contributed by atoms with Gasteiger partial charge in [0.2, 0.25) is 0 Å². The molecule has 13 heavy (non-hydrogen) atoms. The summed E-state index contributed by atoms with van der Waals surface area (Å²) in [6.45, 7) is 6.53. The van der Waals surface area contributed by atoms with E-state index in [0.717, 1.165) is 10.8 Å². The lowest BCUT2D eigenvalue weighted by Crippen LogP contribution is -2.33. The summed E-state index contributed by atoms with van der Waals surface area (Å²) in [6, 6.07) is 5.13. The molecule has 0 aliphatic carbocycles. The molecule has 0 radical (unpaired) electrons. The molecule has 3 heteroatoms. The zero-order chi connectivity index (χ0) is 9.84. The minimum Gasteiger partial charge on any atom is -0.312 e. The van der Waals surface area contributed by atoms with E-state index in [1.807, 2.05) is 6.07 Å². The Balaban J connectivity index is 2.40. The zero-order valence-electron chi connectivity index (χ0n) is 8.30. The van der Waals surface area contributed by atoms with Crippen LogP contribution in [0.1, 0.15) is 25.6 Å². The third kappa shape index (κ3) is 4.12. The summed E-state index contributed by atoms with van der Waals surface area (Å²) in [7, 11) is 0. The number of hydrogen-bond acceptors (Lipinski definition) is 2. The first-order valence-corrected chi connectivity index (χ1v) is 5.77. The fourth-order valence-electron chi connectivity index (χ4n) is 1.39. The summed E-state index contributed by atoms with van der Waals surface area (Å²) >= 11 is 7.52. The Morgan fingerprint density at radius 3 is 2.54 bits per heavy atom.